The van der Waals surface area contributed by atoms with Crippen LogP contribution < -0.4 is 5.73 Å². The minimum atomic E-state index is 0. The Morgan fingerprint density at radius 1 is 1.19 bits per heavy atom. The second-order valence-corrected chi connectivity index (χ2v) is 5.26. The topological polar surface area (TPSA) is 38.5 Å². The van der Waals surface area contributed by atoms with Crippen LogP contribution in [0.4, 0.5) is 0 Å². The summed E-state index contributed by atoms with van der Waals surface area (Å²) in [5.74, 6) is 0. The molecule has 0 radical (unpaired) electrons. The predicted molar refractivity (Wildman–Crippen MR) is 71.2 cm³/mol. The summed E-state index contributed by atoms with van der Waals surface area (Å²) in [4.78, 5) is 2.52. The Labute approximate surface area is 106 Å². The molecule has 98 valence electrons. The van der Waals surface area contributed by atoms with Crippen molar-refractivity contribution in [2.24, 2.45) is 11.1 Å². The van der Waals surface area contributed by atoms with Crippen LogP contribution in [-0.2, 0) is 4.74 Å². The lowest BCUT2D eigenvalue weighted by Crippen LogP contribution is -2.29. The Bertz CT molecular complexity index is 176. The zero-order valence-corrected chi connectivity index (χ0v) is 11.5. The lowest BCUT2D eigenvalue weighted by Gasteiger charge is -2.23. The van der Waals surface area contributed by atoms with Gasteiger partial charge in [-0.3, -0.25) is 0 Å². The van der Waals surface area contributed by atoms with Crippen LogP contribution in [0.3, 0.4) is 0 Å². The Kier molecular flexibility index (Phi) is 8.38. The maximum Gasteiger partial charge on any atom is 0.0594 e. The SMILES string of the molecule is CC1(C)CCCN(CCOCCN)CC1.Cl. The highest BCUT2D eigenvalue weighted by molar-refractivity contribution is 5.85. The van der Waals surface area contributed by atoms with Crippen molar-refractivity contribution in [2.45, 2.75) is 33.1 Å². The quantitative estimate of drug-likeness (QED) is 0.758. The van der Waals surface area contributed by atoms with Crippen molar-refractivity contribution in [3.8, 4) is 0 Å². The van der Waals surface area contributed by atoms with Gasteiger partial charge in [-0.1, -0.05) is 13.8 Å². The van der Waals surface area contributed by atoms with Crippen molar-refractivity contribution in [1.29, 1.82) is 0 Å². The Hall–Kier alpha value is 0.170. The predicted octanol–water partition coefficient (Wildman–Crippen LogP) is 1.90. The van der Waals surface area contributed by atoms with E-state index in [0.717, 1.165) is 13.2 Å². The molecule has 0 atom stereocenters. The first-order valence-electron chi connectivity index (χ1n) is 6.14. The zero-order valence-electron chi connectivity index (χ0n) is 10.7. The van der Waals surface area contributed by atoms with Crippen LogP contribution in [0.15, 0.2) is 0 Å². The fourth-order valence-electron chi connectivity index (χ4n) is 2.08. The van der Waals surface area contributed by atoms with Gasteiger partial charge in [0.25, 0.3) is 0 Å². The van der Waals surface area contributed by atoms with Gasteiger partial charge < -0.3 is 15.4 Å². The van der Waals surface area contributed by atoms with Gasteiger partial charge >= 0.3 is 0 Å². The minimum Gasteiger partial charge on any atom is -0.379 e. The number of likely N-dealkylation sites (tertiary alicyclic amines) is 1. The molecule has 0 amide bonds. The molecular weight excluding hydrogens is 224 g/mol. The van der Waals surface area contributed by atoms with E-state index >= 15 is 0 Å². The van der Waals surface area contributed by atoms with E-state index in [4.69, 9.17) is 10.5 Å². The molecule has 0 unspecified atom stereocenters. The largest absolute Gasteiger partial charge is 0.379 e. The molecular formula is C12H27ClN2O. The first-order valence-corrected chi connectivity index (χ1v) is 6.14. The molecule has 0 spiro atoms. The number of hydrogen-bond donors (Lipinski definition) is 1. The van der Waals surface area contributed by atoms with Gasteiger partial charge in [0, 0.05) is 13.1 Å². The molecule has 0 aromatic carbocycles. The first-order chi connectivity index (χ1) is 7.14. The van der Waals surface area contributed by atoms with Crippen LogP contribution in [0, 0.1) is 5.41 Å². The highest BCUT2D eigenvalue weighted by Crippen LogP contribution is 2.29. The van der Waals surface area contributed by atoms with E-state index in [-0.39, 0.29) is 12.4 Å². The molecule has 2 N–H and O–H groups in total. The van der Waals surface area contributed by atoms with Crippen LogP contribution >= 0.6 is 12.4 Å². The average molecular weight is 251 g/mol. The van der Waals surface area contributed by atoms with Gasteiger partial charge in [0.15, 0.2) is 0 Å². The molecule has 3 nitrogen and oxygen atoms in total. The molecule has 1 fully saturated rings. The molecule has 1 saturated heterocycles. The van der Waals surface area contributed by atoms with Crippen LogP contribution in [-0.4, -0.2) is 44.3 Å². The van der Waals surface area contributed by atoms with Crippen molar-refractivity contribution < 1.29 is 4.74 Å². The monoisotopic (exact) mass is 250 g/mol. The van der Waals surface area contributed by atoms with E-state index in [9.17, 15) is 0 Å². The number of ether oxygens (including phenoxy) is 1. The van der Waals surface area contributed by atoms with Crippen LogP contribution in [0.1, 0.15) is 33.1 Å². The molecule has 0 aromatic rings. The summed E-state index contributed by atoms with van der Waals surface area (Å²) in [7, 11) is 0. The van der Waals surface area contributed by atoms with E-state index in [2.05, 4.69) is 18.7 Å². The number of nitrogens with two attached hydrogens (primary N) is 1. The molecule has 0 aliphatic carbocycles. The fourth-order valence-corrected chi connectivity index (χ4v) is 2.08. The van der Waals surface area contributed by atoms with Crippen molar-refractivity contribution in [2.75, 3.05) is 39.4 Å². The molecule has 1 aliphatic rings. The summed E-state index contributed by atoms with van der Waals surface area (Å²) in [6, 6.07) is 0. The standard InChI is InChI=1S/C12H26N2O.ClH/c1-12(2)4-3-7-14(8-5-12)9-11-15-10-6-13;/h3-11,13H2,1-2H3;1H. The third kappa shape index (κ3) is 6.69. The molecule has 1 aliphatic heterocycles. The zero-order chi connectivity index (χ0) is 11.1. The molecule has 0 saturated carbocycles. The minimum absolute atomic E-state index is 0. The molecule has 4 heteroatoms. The highest BCUT2D eigenvalue weighted by atomic mass is 35.5. The first kappa shape index (κ1) is 16.2. The van der Waals surface area contributed by atoms with Gasteiger partial charge in [-0.05, 0) is 37.8 Å². The lowest BCUT2D eigenvalue weighted by atomic mass is 9.85. The number of hydrogen-bond acceptors (Lipinski definition) is 3. The number of rotatable bonds is 5. The van der Waals surface area contributed by atoms with Gasteiger partial charge in [-0.15, -0.1) is 12.4 Å². The van der Waals surface area contributed by atoms with Gasteiger partial charge in [-0.2, -0.15) is 0 Å². The van der Waals surface area contributed by atoms with E-state index in [1.165, 1.54) is 32.4 Å². The maximum atomic E-state index is 5.41. The van der Waals surface area contributed by atoms with Gasteiger partial charge in [0.1, 0.15) is 0 Å². The second-order valence-electron chi connectivity index (χ2n) is 5.26. The van der Waals surface area contributed by atoms with Crippen LogP contribution in [0.5, 0.6) is 0 Å². The van der Waals surface area contributed by atoms with Crippen LogP contribution in [0.25, 0.3) is 0 Å². The Morgan fingerprint density at radius 2 is 1.94 bits per heavy atom. The molecule has 1 rings (SSSR count). The van der Waals surface area contributed by atoms with Gasteiger partial charge in [0.2, 0.25) is 0 Å². The van der Waals surface area contributed by atoms with E-state index in [0.29, 0.717) is 18.6 Å². The summed E-state index contributed by atoms with van der Waals surface area (Å²) >= 11 is 0. The summed E-state index contributed by atoms with van der Waals surface area (Å²) in [6.45, 7) is 10.4. The van der Waals surface area contributed by atoms with Gasteiger partial charge in [-0.25, -0.2) is 0 Å². The maximum absolute atomic E-state index is 5.41. The Balaban J connectivity index is 0.00000225. The average Bonchev–Trinajstić information content (AvgIpc) is 2.35. The number of halogens is 1. The van der Waals surface area contributed by atoms with Crippen molar-refractivity contribution in [3.05, 3.63) is 0 Å². The van der Waals surface area contributed by atoms with Crippen LogP contribution in [0.2, 0.25) is 0 Å². The number of nitrogens with zero attached hydrogens (tertiary/aromatic N) is 1. The summed E-state index contributed by atoms with van der Waals surface area (Å²) < 4.78 is 5.41. The Morgan fingerprint density at radius 3 is 2.62 bits per heavy atom. The van der Waals surface area contributed by atoms with Gasteiger partial charge in [0.05, 0.1) is 13.2 Å². The van der Waals surface area contributed by atoms with E-state index < -0.39 is 0 Å². The summed E-state index contributed by atoms with van der Waals surface area (Å²) in [6.07, 6.45) is 3.99. The van der Waals surface area contributed by atoms with E-state index in [1.807, 2.05) is 0 Å². The normalized spacial score (nSPS) is 21.2. The van der Waals surface area contributed by atoms with E-state index in [1.54, 1.807) is 0 Å². The smallest absolute Gasteiger partial charge is 0.0594 e. The highest BCUT2D eigenvalue weighted by Gasteiger charge is 2.22. The summed E-state index contributed by atoms with van der Waals surface area (Å²) in [5, 5.41) is 0. The molecule has 16 heavy (non-hydrogen) atoms. The molecule has 1 heterocycles. The van der Waals surface area contributed by atoms with Crippen molar-refractivity contribution in [1.82, 2.24) is 4.90 Å². The third-order valence-corrected chi connectivity index (χ3v) is 3.25. The van der Waals surface area contributed by atoms with Crippen molar-refractivity contribution in [3.63, 3.8) is 0 Å². The third-order valence-electron chi connectivity index (χ3n) is 3.25. The molecule has 0 aromatic heterocycles. The summed E-state index contributed by atoms with van der Waals surface area (Å²) in [5.41, 5.74) is 5.90. The second kappa shape index (κ2) is 8.29. The van der Waals surface area contributed by atoms with Crippen molar-refractivity contribution >= 4 is 12.4 Å². The molecule has 0 bridgehead atoms. The lowest BCUT2D eigenvalue weighted by molar-refractivity contribution is 0.109. The fraction of sp³-hybridized carbons (Fsp3) is 1.00.